The number of nitrogens with one attached hydrogen (secondary N) is 3. The van der Waals surface area contributed by atoms with Crippen molar-refractivity contribution in [1.82, 2.24) is 10.9 Å². The molecule has 0 saturated carbocycles. The highest BCUT2D eigenvalue weighted by Crippen LogP contribution is 2.38. The van der Waals surface area contributed by atoms with Gasteiger partial charge in [-0.15, -0.1) is 22.7 Å². The number of carbonyl (C=O) groups excluding carboxylic acids is 3. The van der Waals surface area contributed by atoms with Gasteiger partial charge in [0.1, 0.15) is 9.75 Å². The first-order valence-electron chi connectivity index (χ1n) is 10.5. The van der Waals surface area contributed by atoms with E-state index in [4.69, 9.17) is 46.4 Å². The van der Waals surface area contributed by atoms with Crippen LogP contribution in [0.2, 0.25) is 20.1 Å². The van der Waals surface area contributed by atoms with Gasteiger partial charge in [-0.1, -0.05) is 58.5 Å². The van der Waals surface area contributed by atoms with Crippen molar-refractivity contribution in [3.8, 4) is 0 Å². The highest BCUT2D eigenvalue weighted by Gasteiger charge is 2.19. The van der Waals surface area contributed by atoms with Crippen molar-refractivity contribution in [2.24, 2.45) is 0 Å². The summed E-state index contributed by atoms with van der Waals surface area (Å²) in [6.07, 6.45) is 0. The molecule has 0 unspecified atom stereocenters. The number of hydrogen-bond acceptors (Lipinski definition) is 5. The molecule has 6 nitrogen and oxygen atoms in total. The first-order chi connectivity index (χ1) is 17.7. The second-order valence-electron chi connectivity index (χ2n) is 7.71. The molecule has 12 heteroatoms. The molecule has 3 aromatic carbocycles. The van der Waals surface area contributed by atoms with Crippen molar-refractivity contribution in [1.29, 1.82) is 0 Å². The van der Waals surface area contributed by atoms with Crippen LogP contribution in [0.15, 0.2) is 60.7 Å². The van der Waals surface area contributed by atoms with Crippen molar-refractivity contribution in [3.63, 3.8) is 0 Å². The minimum absolute atomic E-state index is 0.250. The molecule has 186 valence electrons. The molecule has 0 radical (unpaired) electrons. The van der Waals surface area contributed by atoms with Crippen molar-refractivity contribution >= 4 is 113 Å². The van der Waals surface area contributed by atoms with Crippen LogP contribution in [0, 0.1) is 0 Å². The lowest BCUT2D eigenvalue weighted by atomic mass is 10.2. The van der Waals surface area contributed by atoms with Crippen LogP contribution in [-0.4, -0.2) is 17.7 Å². The predicted molar refractivity (Wildman–Crippen MR) is 153 cm³/mol. The number of carbonyl (C=O) groups is 3. The molecule has 0 bridgehead atoms. The molecule has 2 aromatic heterocycles. The Kier molecular flexibility index (Phi) is 7.31. The normalized spacial score (nSPS) is 11.0. The lowest BCUT2D eigenvalue weighted by Gasteiger charge is -2.08. The van der Waals surface area contributed by atoms with Gasteiger partial charge in [0.2, 0.25) is 0 Å². The summed E-state index contributed by atoms with van der Waals surface area (Å²) in [4.78, 5) is 38.5. The minimum atomic E-state index is -0.555. The van der Waals surface area contributed by atoms with E-state index in [9.17, 15) is 14.4 Å². The maximum Gasteiger partial charge on any atom is 0.281 e. The number of benzene rings is 3. The maximum atomic E-state index is 12.8. The molecule has 0 fully saturated rings. The third kappa shape index (κ3) is 5.27. The van der Waals surface area contributed by atoms with Crippen molar-refractivity contribution in [3.05, 3.63) is 96.1 Å². The molecule has 5 rings (SSSR count). The molecule has 3 amide bonds. The van der Waals surface area contributed by atoms with E-state index in [0.29, 0.717) is 31.0 Å². The first kappa shape index (κ1) is 25.8. The number of hydrazine groups is 1. The molecule has 0 aliphatic rings. The van der Waals surface area contributed by atoms with Crippen molar-refractivity contribution in [2.75, 3.05) is 5.32 Å². The summed E-state index contributed by atoms with van der Waals surface area (Å²) in [6, 6.07) is 16.5. The fraction of sp³-hybridized carbons (Fsp3) is 0. The summed E-state index contributed by atoms with van der Waals surface area (Å²) in [6.45, 7) is 0. The lowest BCUT2D eigenvalue weighted by Crippen LogP contribution is -2.41. The van der Waals surface area contributed by atoms with Crippen molar-refractivity contribution < 1.29 is 14.4 Å². The van der Waals surface area contributed by atoms with Gasteiger partial charge in [-0.25, -0.2) is 0 Å². The molecular formula is C25H13Cl4N3O3S2. The van der Waals surface area contributed by atoms with E-state index in [1.165, 1.54) is 34.8 Å². The Morgan fingerprint density at radius 3 is 1.62 bits per heavy atom. The molecule has 37 heavy (non-hydrogen) atoms. The van der Waals surface area contributed by atoms with Crippen LogP contribution in [0.4, 0.5) is 5.69 Å². The van der Waals surface area contributed by atoms with E-state index in [1.807, 2.05) is 0 Å². The van der Waals surface area contributed by atoms with E-state index in [0.717, 1.165) is 14.8 Å². The van der Waals surface area contributed by atoms with Crippen LogP contribution < -0.4 is 16.2 Å². The topological polar surface area (TPSA) is 87.3 Å². The molecule has 0 aliphatic heterocycles. The van der Waals surface area contributed by atoms with Gasteiger partial charge >= 0.3 is 0 Å². The average molecular weight is 609 g/mol. The molecule has 3 N–H and O–H groups in total. The Balaban J connectivity index is 1.22. The van der Waals surface area contributed by atoms with Gasteiger partial charge in [0.15, 0.2) is 0 Å². The number of hydrogen-bond donors (Lipinski definition) is 3. The molecular weight excluding hydrogens is 596 g/mol. The van der Waals surface area contributed by atoms with Gasteiger partial charge in [-0.05, 0) is 48.5 Å². The van der Waals surface area contributed by atoms with Gasteiger partial charge < -0.3 is 5.32 Å². The summed E-state index contributed by atoms with van der Waals surface area (Å²) in [7, 11) is 0. The van der Waals surface area contributed by atoms with E-state index in [2.05, 4.69) is 16.2 Å². The number of thiophene rings is 2. The molecule has 5 aromatic rings. The van der Waals surface area contributed by atoms with E-state index in [-0.39, 0.29) is 21.4 Å². The third-order valence-corrected chi connectivity index (χ3v) is 9.07. The number of rotatable bonds is 4. The molecule has 0 aliphatic carbocycles. The second kappa shape index (κ2) is 10.5. The van der Waals surface area contributed by atoms with Crippen LogP contribution >= 0.6 is 69.1 Å². The summed E-state index contributed by atoms with van der Waals surface area (Å²) >= 11 is 27.1. The van der Waals surface area contributed by atoms with Gasteiger partial charge in [0, 0.05) is 41.5 Å². The van der Waals surface area contributed by atoms with Crippen LogP contribution in [0.3, 0.4) is 0 Å². The Hall–Kier alpha value is -2.85. The molecule has 0 saturated heterocycles. The smallest absolute Gasteiger partial charge is 0.281 e. The number of halogens is 4. The van der Waals surface area contributed by atoms with Gasteiger partial charge in [0.05, 0.1) is 10.0 Å². The summed E-state index contributed by atoms with van der Waals surface area (Å²) in [5, 5.41) is 5.93. The Morgan fingerprint density at radius 2 is 1.08 bits per heavy atom. The number of amides is 3. The standard InChI is InChI=1S/C25H13Cl4N3O3S2/c26-12-3-7-15-17(9-12)36-21(19(15)28)24(34)30-14-5-1-11(2-6-14)23(33)31-32-25(35)22-20(29)16-8-4-13(27)10-18(16)37-22/h1-10H,(H,30,34)(H,31,33)(H,32,35). The molecule has 0 atom stereocenters. The zero-order valence-corrected chi connectivity index (χ0v) is 23.0. The molecule has 0 spiro atoms. The van der Waals surface area contributed by atoms with E-state index >= 15 is 0 Å². The first-order valence-corrected chi connectivity index (χ1v) is 13.6. The fourth-order valence-corrected chi connectivity index (χ4v) is 6.88. The van der Waals surface area contributed by atoms with Crippen LogP contribution in [0.25, 0.3) is 20.2 Å². The summed E-state index contributed by atoms with van der Waals surface area (Å²) in [5.74, 6) is -1.48. The maximum absolute atomic E-state index is 12.8. The van der Waals surface area contributed by atoms with E-state index < -0.39 is 11.8 Å². The van der Waals surface area contributed by atoms with Crippen LogP contribution in [-0.2, 0) is 0 Å². The van der Waals surface area contributed by atoms with Gasteiger partial charge in [-0.3, -0.25) is 25.2 Å². The van der Waals surface area contributed by atoms with Crippen LogP contribution in [0.1, 0.15) is 29.7 Å². The van der Waals surface area contributed by atoms with Crippen molar-refractivity contribution in [2.45, 2.75) is 0 Å². The van der Waals surface area contributed by atoms with Crippen LogP contribution in [0.5, 0.6) is 0 Å². The zero-order chi connectivity index (χ0) is 26.3. The quantitative estimate of drug-likeness (QED) is 0.180. The van der Waals surface area contributed by atoms with Gasteiger partial charge in [-0.2, -0.15) is 0 Å². The highest BCUT2D eigenvalue weighted by molar-refractivity contribution is 7.22. The number of fused-ring (bicyclic) bond motifs is 2. The molecule has 2 heterocycles. The van der Waals surface area contributed by atoms with E-state index in [1.54, 1.807) is 48.5 Å². The predicted octanol–water partition coefficient (Wildman–Crippen LogP) is 8.06. The monoisotopic (exact) mass is 607 g/mol. The summed E-state index contributed by atoms with van der Waals surface area (Å²) < 4.78 is 1.56. The minimum Gasteiger partial charge on any atom is -0.321 e. The third-order valence-electron chi connectivity index (χ3n) is 5.29. The highest BCUT2D eigenvalue weighted by atomic mass is 35.5. The zero-order valence-electron chi connectivity index (χ0n) is 18.3. The average Bonchev–Trinajstić information content (AvgIpc) is 3.38. The second-order valence-corrected chi connectivity index (χ2v) is 11.4. The fourth-order valence-electron chi connectivity index (χ4n) is 3.51. The Labute approximate surface area is 238 Å². The van der Waals surface area contributed by atoms with Gasteiger partial charge in [0.25, 0.3) is 17.7 Å². The Bertz CT molecular complexity index is 1710. The number of anilines is 1. The lowest BCUT2D eigenvalue weighted by molar-refractivity contribution is 0.0849. The summed E-state index contributed by atoms with van der Waals surface area (Å²) in [5.41, 5.74) is 5.46. The largest absolute Gasteiger partial charge is 0.321 e. The Morgan fingerprint density at radius 1 is 0.595 bits per heavy atom. The SMILES string of the molecule is O=C(NNC(=O)c1sc2cc(Cl)ccc2c1Cl)c1ccc(NC(=O)c2sc3cc(Cl)ccc3c2Cl)cc1.